The number of aromatic hydroxyl groups is 1. The van der Waals surface area contributed by atoms with Crippen molar-refractivity contribution in [2.24, 2.45) is 0 Å². The van der Waals surface area contributed by atoms with Crippen molar-refractivity contribution < 1.29 is 29.8 Å². The van der Waals surface area contributed by atoms with Gasteiger partial charge in [0.05, 0.1) is 25.9 Å². The minimum atomic E-state index is -1.57. The van der Waals surface area contributed by atoms with E-state index in [0.29, 0.717) is 12.1 Å². The third-order valence-corrected chi connectivity index (χ3v) is 3.22. The van der Waals surface area contributed by atoms with Crippen molar-refractivity contribution in [2.75, 3.05) is 0 Å². The maximum absolute atomic E-state index is 11.3. The smallest absolute Gasteiger partial charge is 0.336 e. The van der Waals surface area contributed by atoms with Gasteiger partial charge in [-0.15, -0.1) is 0 Å². The molecule has 0 radical (unpaired) electrons. The fourth-order valence-electron chi connectivity index (χ4n) is 2.20. The van der Waals surface area contributed by atoms with Crippen LogP contribution in [0.15, 0.2) is 30.3 Å². The lowest BCUT2D eigenvalue weighted by Crippen LogP contribution is -2.04. The maximum Gasteiger partial charge on any atom is 0.336 e. The molecular weight excluding hydrogens is 342 g/mol. The Morgan fingerprint density at radius 1 is 0.880 bits per heavy atom. The number of phenols is 1. The van der Waals surface area contributed by atoms with Crippen LogP contribution in [0.3, 0.4) is 0 Å². The van der Waals surface area contributed by atoms with E-state index in [-0.39, 0.29) is 0 Å². The van der Waals surface area contributed by atoms with Gasteiger partial charge in [-0.25, -0.2) is 4.79 Å². The molecule has 2 aromatic rings. The summed E-state index contributed by atoms with van der Waals surface area (Å²) >= 11 is 0. The van der Waals surface area contributed by atoms with E-state index >= 15 is 0 Å². The molecule has 0 aliphatic carbocycles. The van der Waals surface area contributed by atoms with E-state index in [2.05, 4.69) is 0 Å². The zero-order valence-corrected chi connectivity index (χ0v) is 12.0. The molecule has 0 aliphatic heterocycles. The molecular formula is C13H7N3O9. The minimum Gasteiger partial charge on any atom is -0.497 e. The lowest BCUT2D eigenvalue weighted by Gasteiger charge is -2.08. The number of nitrogens with zero attached hydrogens (tertiary/aromatic N) is 3. The third-order valence-electron chi connectivity index (χ3n) is 3.22. The van der Waals surface area contributed by atoms with E-state index < -0.39 is 60.2 Å². The fourth-order valence-corrected chi connectivity index (χ4v) is 2.20. The topological polar surface area (TPSA) is 187 Å². The van der Waals surface area contributed by atoms with Gasteiger partial charge in [0.25, 0.3) is 11.4 Å². The summed E-state index contributed by atoms with van der Waals surface area (Å²) in [7, 11) is 0. The average molecular weight is 349 g/mol. The van der Waals surface area contributed by atoms with Crippen molar-refractivity contribution in [2.45, 2.75) is 0 Å². The molecule has 25 heavy (non-hydrogen) atoms. The van der Waals surface area contributed by atoms with Crippen molar-refractivity contribution >= 4 is 23.0 Å². The molecule has 0 fully saturated rings. The Hall–Kier alpha value is -4.09. The summed E-state index contributed by atoms with van der Waals surface area (Å²) in [6.07, 6.45) is 0. The van der Waals surface area contributed by atoms with Crippen molar-refractivity contribution in [1.82, 2.24) is 0 Å². The zero-order chi connectivity index (χ0) is 18.9. The van der Waals surface area contributed by atoms with Crippen LogP contribution in [0.1, 0.15) is 10.4 Å². The maximum atomic E-state index is 11.3. The molecule has 0 spiro atoms. The Kier molecular flexibility index (Phi) is 4.28. The molecule has 2 rings (SSSR count). The van der Waals surface area contributed by atoms with E-state index in [9.17, 15) is 45.4 Å². The lowest BCUT2D eigenvalue weighted by molar-refractivity contribution is -0.396. The Morgan fingerprint density at radius 2 is 1.36 bits per heavy atom. The lowest BCUT2D eigenvalue weighted by atomic mass is 9.96. The Balaban J connectivity index is 2.96. The van der Waals surface area contributed by atoms with Gasteiger partial charge in [0.1, 0.15) is 0 Å². The number of rotatable bonds is 5. The van der Waals surface area contributed by atoms with Crippen molar-refractivity contribution in [3.63, 3.8) is 0 Å². The number of nitro groups is 3. The molecule has 0 unspecified atom stereocenters. The molecule has 2 N–H and O–H groups in total. The van der Waals surface area contributed by atoms with Crippen LogP contribution in [0.25, 0.3) is 11.1 Å². The normalized spacial score (nSPS) is 10.2. The van der Waals surface area contributed by atoms with Gasteiger partial charge in [-0.3, -0.25) is 30.3 Å². The second-order valence-electron chi connectivity index (χ2n) is 4.64. The minimum absolute atomic E-state index is 0.457. The van der Waals surface area contributed by atoms with Crippen molar-refractivity contribution in [1.29, 1.82) is 0 Å². The van der Waals surface area contributed by atoms with Crippen LogP contribution in [-0.4, -0.2) is 31.0 Å². The van der Waals surface area contributed by atoms with Crippen LogP contribution >= 0.6 is 0 Å². The average Bonchev–Trinajstić information content (AvgIpc) is 2.53. The largest absolute Gasteiger partial charge is 0.497 e. The number of aromatic carboxylic acids is 1. The number of hydrogen-bond donors (Lipinski definition) is 2. The molecule has 0 bridgehead atoms. The van der Waals surface area contributed by atoms with Gasteiger partial charge in [0.15, 0.2) is 0 Å². The number of phenolic OH excluding ortho intramolecular Hbond substituents is 1. The van der Waals surface area contributed by atoms with Gasteiger partial charge in [-0.1, -0.05) is 6.07 Å². The van der Waals surface area contributed by atoms with E-state index in [1.165, 1.54) is 0 Å². The number of benzene rings is 2. The molecule has 0 amide bonds. The molecule has 2 aromatic carbocycles. The molecule has 12 heteroatoms. The highest BCUT2D eigenvalue weighted by molar-refractivity contribution is 5.99. The molecule has 0 aliphatic rings. The first-order valence-corrected chi connectivity index (χ1v) is 6.32. The summed E-state index contributed by atoms with van der Waals surface area (Å²) in [5.74, 6) is -2.81. The monoisotopic (exact) mass is 349 g/mol. The summed E-state index contributed by atoms with van der Waals surface area (Å²) in [4.78, 5) is 41.3. The fraction of sp³-hybridized carbons (Fsp3) is 0. The van der Waals surface area contributed by atoms with Crippen LogP contribution in [0.5, 0.6) is 5.75 Å². The summed E-state index contributed by atoms with van der Waals surface area (Å²) in [5.41, 5.74) is -4.47. The highest BCUT2D eigenvalue weighted by Crippen LogP contribution is 2.43. The van der Waals surface area contributed by atoms with Crippen LogP contribution in [-0.2, 0) is 0 Å². The standard InChI is InChI=1S/C13H7N3O9/c17-12-9(15(22)23)4-6(5-10(12)16(24)25)11-7(13(18)19)2-1-3-8(11)14(20)21/h1-5,17H,(H,18,19). The first-order chi connectivity index (χ1) is 11.6. The number of carbonyl (C=O) groups is 1. The van der Waals surface area contributed by atoms with Crippen LogP contribution < -0.4 is 0 Å². The molecule has 128 valence electrons. The number of hydrogen-bond acceptors (Lipinski definition) is 8. The van der Waals surface area contributed by atoms with Crippen LogP contribution in [0, 0.1) is 30.3 Å². The van der Waals surface area contributed by atoms with E-state index in [0.717, 1.165) is 18.2 Å². The second kappa shape index (κ2) is 6.19. The zero-order valence-electron chi connectivity index (χ0n) is 12.0. The van der Waals surface area contributed by atoms with Gasteiger partial charge in [-0.2, -0.15) is 0 Å². The van der Waals surface area contributed by atoms with Gasteiger partial charge < -0.3 is 10.2 Å². The molecule has 0 saturated carbocycles. The highest BCUT2D eigenvalue weighted by atomic mass is 16.6. The van der Waals surface area contributed by atoms with E-state index in [1.807, 2.05) is 0 Å². The summed E-state index contributed by atoms with van der Waals surface area (Å²) in [6, 6.07) is 4.32. The Morgan fingerprint density at radius 3 is 1.76 bits per heavy atom. The highest BCUT2D eigenvalue weighted by Gasteiger charge is 2.31. The summed E-state index contributed by atoms with van der Waals surface area (Å²) < 4.78 is 0. The summed E-state index contributed by atoms with van der Waals surface area (Å²) in [5, 5.41) is 52.0. The number of nitro benzene ring substituents is 3. The first kappa shape index (κ1) is 17.3. The van der Waals surface area contributed by atoms with Gasteiger partial charge >= 0.3 is 17.3 Å². The molecule has 0 saturated heterocycles. The predicted octanol–water partition coefficient (Wildman–Crippen LogP) is 2.48. The second-order valence-corrected chi connectivity index (χ2v) is 4.64. The number of carboxylic acids is 1. The quantitative estimate of drug-likeness (QED) is 0.603. The molecule has 0 aromatic heterocycles. The summed E-state index contributed by atoms with van der Waals surface area (Å²) in [6.45, 7) is 0. The van der Waals surface area contributed by atoms with Crippen LogP contribution in [0.2, 0.25) is 0 Å². The van der Waals surface area contributed by atoms with E-state index in [4.69, 9.17) is 0 Å². The van der Waals surface area contributed by atoms with E-state index in [1.54, 1.807) is 0 Å². The molecule has 0 heterocycles. The Labute approximate surface area is 137 Å². The first-order valence-electron chi connectivity index (χ1n) is 6.32. The van der Waals surface area contributed by atoms with Gasteiger partial charge in [0, 0.05) is 23.8 Å². The van der Waals surface area contributed by atoms with Gasteiger partial charge in [-0.05, 0) is 6.07 Å². The molecule has 0 atom stereocenters. The van der Waals surface area contributed by atoms with Gasteiger partial charge in [0.2, 0.25) is 0 Å². The van der Waals surface area contributed by atoms with Crippen molar-refractivity contribution in [3.8, 4) is 16.9 Å². The third kappa shape index (κ3) is 3.03. The van der Waals surface area contributed by atoms with Crippen molar-refractivity contribution in [3.05, 3.63) is 66.2 Å². The predicted molar refractivity (Wildman–Crippen MR) is 80.5 cm³/mol. The van der Waals surface area contributed by atoms with Crippen LogP contribution in [0.4, 0.5) is 17.1 Å². The molecule has 12 nitrogen and oxygen atoms in total. The number of carboxylic acid groups (broad SMARTS) is 1. The SMILES string of the molecule is O=C(O)c1cccc([N+](=O)[O-])c1-c1cc([N+](=O)[O-])c(O)c([N+](=O)[O-])c1. The Bertz CT molecular complexity index is 871.